The number of halogens is 1. The molecule has 0 saturated heterocycles. The Balaban J connectivity index is 1.89. The van der Waals surface area contributed by atoms with Crippen LogP contribution in [0.25, 0.3) is 11.8 Å². The van der Waals surface area contributed by atoms with Crippen molar-refractivity contribution in [3.63, 3.8) is 0 Å². The van der Waals surface area contributed by atoms with E-state index in [1.165, 1.54) is 36.4 Å². The van der Waals surface area contributed by atoms with Gasteiger partial charge < -0.3 is 5.11 Å². The monoisotopic (exact) mass is 294 g/mol. The van der Waals surface area contributed by atoms with Crippen molar-refractivity contribution in [1.82, 2.24) is 0 Å². The molecule has 0 aromatic heterocycles. The topological polar surface area (TPSA) is 54.4 Å². The highest BCUT2D eigenvalue weighted by molar-refractivity contribution is 6.36. The number of rotatable bonds is 3. The fourth-order valence-electron chi connectivity index (χ4n) is 2.32. The van der Waals surface area contributed by atoms with Gasteiger partial charge in [-0.1, -0.05) is 42.5 Å². The van der Waals surface area contributed by atoms with Gasteiger partial charge in [-0.25, -0.2) is 4.39 Å². The van der Waals surface area contributed by atoms with E-state index < -0.39 is 11.6 Å². The minimum absolute atomic E-state index is 0.237. The van der Waals surface area contributed by atoms with Gasteiger partial charge in [0.15, 0.2) is 5.78 Å². The van der Waals surface area contributed by atoms with Crippen molar-refractivity contribution >= 4 is 23.4 Å². The largest absolute Gasteiger partial charge is 0.506 e. The number of carbonyl (C=O) groups excluding carboxylic acids is 2. The van der Waals surface area contributed by atoms with Crippen molar-refractivity contribution in [2.75, 3.05) is 0 Å². The Bertz CT molecular complexity index is 830. The average Bonchev–Trinajstić information content (AvgIpc) is 2.79. The Morgan fingerprint density at radius 1 is 1.00 bits per heavy atom. The summed E-state index contributed by atoms with van der Waals surface area (Å²) in [6.45, 7) is 0. The van der Waals surface area contributed by atoms with Gasteiger partial charge in [-0.15, -0.1) is 0 Å². The van der Waals surface area contributed by atoms with Crippen LogP contribution in [0.3, 0.4) is 0 Å². The summed E-state index contributed by atoms with van der Waals surface area (Å²) in [5.74, 6) is -1.73. The quantitative estimate of drug-likeness (QED) is 0.695. The standard InChI is InChI=1S/C18H11FO3/c19-12-8-5-11(6-9-12)7-10-15(20)16-17(21)13-3-1-2-4-14(13)18(16)22/h1-10,21H/b10-7+. The molecule has 0 bridgehead atoms. The molecule has 0 radical (unpaired) electrons. The van der Waals surface area contributed by atoms with Gasteiger partial charge >= 0.3 is 0 Å². The van der Waals surface area contributed by atoms with Gasteiger partial charge in [0.05, 0.1) is 0 Å². The molecule has 1 N–H and O–H groups in total. The molecule has 22 heavy (non-hydrogen) atoms. The van der Waals surface area contributed by atoms with Crippen LogP contribution < -0.4 is 0 Å². The lowest BCUT2D eigenvalue weighted by Crippen LogP contribution is -2.08. The lowest BCUT2D eigenvalue weighted by Gasteiger charge is -1.97. The number of fused-ring (bicyclic) bond motifs is 1. The first-order valence-corrected chi connectivity index (χ1v) is 6.63. The highest BCUT2D eigenvalue weighted by Crippen LogP contribution is 2.31. The van der Waals surface area contributed by atoms with Crippen molar-refractivity contribution in [1.29, 1.82) is 0 Å². The molecule has 0 atom stereocenters. The Hall–Kier alpha value is -3.01. The number of Topliss-reactive ketones (excluding diaryl/α,β-unsaturated/α-hetero) is 1. The molecule has 2 aromatic carbocycles. The van der Waals surface area contributed by atoms with Gasteiger partial charge in [0.25, 0.3) is 0 Å². The van der Waals surface area contributed by atoms with Gasteiger partial charge in [-0.3, -0.25) is 9.59 Å². The van der Waals surface area contributed by atoms with Crippen LogP contribution in [0.2, 0.25) is 0 Å². The molecule has 0 aliphatic heterocycles. The lowest BCUT2D eigenvalue weighted by molar-refractivity contribution is -0.110. The maximum atomic E-state index is 12.8. The van der Waals surface area contributed by atoms with Gasteiger partial charge in [-0.05, 0) is 23.8 Å². The van der Waals surface area contributed by atoms with Crippen LogP contribution in [0, 0.1) is 5.82 Å². The minimum Gasteiger partial charge on any atom is -0.506 e. The highest BCUT2D eigenvalue weighted by Gasteiger charge is 2.32. The molecular formula is C18H11FO3. The molecule has 108 valence electrons. The van der Waals surface area contributed by atoms with Crippen LogP contribution >= 0.6 is 0 Å². The molecule has 0 unspecified atom stereocenters. The smallest absolute Gasteiger partial charge is 0.201 e. The number of ketones is 2. The van der Waals surface area contributed by atoms with Gasteiger partial charge in [0.2, 0.25) is 5.78 Å². The second kappa shape index (κ2) is 5.41. The van der Waals surface area contributed by atoms with Crippen molar-refractivity contribution in [2.45, 2.75) is 0 Å². The van der Waals surface area contributed by atoms with Crippen LogP contribution in [0.1, 0.15) is 21.5 Å². The summed E-state index contributed by atoms with van der Waals surface area (Å²) in [5, 5.41) is 10.1. The second-order valence-electron chi connectivity index (χ2n) is 4.85. The molecule has 0 saturated carbocycles. The normalized spacial score (nSPS) is 13.8. The van der Waals surface area contributed by atoms with E-state index in [4.69, 9.17) is 0 Å². The van der Waals surface area contributed by atoms with E-state index in [2.05, 4.69) is 0 Å². The number of carbonyl (C=O) groups is 2. The summed E-state index contributed by atoms with van der Waals surface area (Å²) in [7, 11) is 0. The maximum Gasteiger partial charge on any atom is 0.201 e. The van der Waals surface area contributed by atoms with Crippen LogP contribution in [-0.4, -0.2) is 16.7 Å². The van der Waals surface area contributed by atoms with E-state index in [0.717, 1.165) is 0 Å². The first kappa shape index (κ1) is 13.9. The van der Waals surface area contributed by atoms with Crippen molar-refractivity contribution in [3.8, 4) is 0 Å². The number of benzene rings is 2. The molecule has 0 amide bonds. The SMILES string of the molecule is O=C(/C=C/c1ccc(F)cc1)C1=C(O)c2ccccc2C1=O. The van der Waals surface area contributed by atoms with Gasteiger partial charge in [-0.2, -0.15) is 0 Å². The Kier molecular flexibility index (Phi) is 3.43. The number of aliphatic hydroxyl groups excluding tert-OH is 1. The third-order valence-corrected chi connectivity index (χ3v) is 3.43. The molecule has 2 aromatic rings. The van der Waals surface area contributed by atoms with Crippen molar-refractivity contribution < 1.29 is 19.1 Å². The Morgan fingerprint density at radius 2 is 1.64 bits per heavy atom. The van der Waals surface area contributed by atoms with E-state index in [9.17, 15) is 19.1 Å². The summed E-state index contributed by atoms with van der Waals surface area (Å²) >= 11 is 0. The fourth-order valence-corrected chi connectivity index (χ4v) is 2.32. The first-order valence-electron chi connectivity index (χ1n) is 6.63. The second-order valence-corrected chi connectivity index (χ2v) is 4.85. The van der Waals surface area contributed by atoms with Crippen molar-refractivity contribution in [2.24, 2.45) is 0 Å². The highest BCUT2D eigenvalue weighted by atomic mass is 19.1. The Morgan fingerprint density at radius 3 is 2.27 bits per heavy atom. The predicted molar refractivity (Wildman–Crippen MR) is 80.8 cm³/mol. The summed E-state index contributed by atoms with van der Waals surface area (Å²) in [5.41, 5.74) is 1.07. The number of aliphatic hydroxyl groups is 1. The molecule has 3 rings (SSSR count). The molecule has 4 heteroatoms. The van der Waals surface area contributed by atoms with E-state index >= 15 is 0 Å². The van der Waals surface area contributed by atoms with E-state index in [-0.39, 0.29) is 17.1 Å². The molecule has 1 aliphatic carbocycles. The first-order chi connectivity index (χ1) is 10.6. The average molecular weight is 294 g/mol. The van der Waals surface area contributed by atoms with Gasteiger partial charge in [0, 0.05) is 11.1 Å². The maximum absolute atomic E-state index is 12.8. The lowest BCUT2D eigenvalue weighted by atomic mass is 10.1. The number of allylic oxidation sites excluding steroid dienone is 2. The van der Waals surface area contributed by atoms with Gasteiger partial charge in [0.1, 0.15) is 17.1 Å². The van der Waals surface area contributed by atoms with Crippen LogP contribution in [0.5, 0.6) is 0 Å². The zero-order valence-corrected chi connectivity index (χ0v) is 11.4. The van der Waals surface area contributed by atoms with Crippen LogP contribution in [0.15, 0.2) is 60.2 Å². The fraction of sp³-hybridized carbons (Fsp3) is 0. The van der Waals surface area contributed by atoms with E-state index in [0.29, 0.717) is 16.7 Å². The summed E-state index contributed by atoms with van der Waals surface area (Å²) in [6, 6.07) is 12.1. The third-order valence-electron chi connectivity index (χ3n) is 3.43. The van der Waals surface area contributed by atoms with Crippen molar-refractivity contribution in [3.05, 3.63) is 82.7 Å². The molecule has 0 spiro atoms. The van der Waals surface area contributed by atoms with Crippen LogP contribution in [-0.2, 0) is 4.79 Å². The number of hydrogen-bond donors (Lipinski definition) is 1. The summed E-state index contributed by atoms with van der Waals surface area (Å²) in [4.78, 5) is 24.4. The summed E-state index contributed by atoms with van der Waals surface area (Å²) < 4.78 is 12.8. The summed E-state index contributed by atoms with van der Waals surface area (Å²) in [6.07, 6.45) is 2.67. The Labute approximate surface area is 126 Å². The molecule has 3 nitrogen and oxygen atoms in total. The molecule has 0 heterocycles. The third kappa shape index (κ3) is 2.35. The van der Waals surface area contributed by atoms with E-state index in [1.807, 2.05) is 0 Å². The molecule has 1 aliphatic rings. The zero-order chi connectivity index (χ0) is 15.7. The minimum atomic E-state index is -0.581. The van der Waals surface area contributed by atoms with E-state index in [1.54, 1.807) is 24.3 Å². The predicted octanol–water partition coefficient (Wildman–Crippen LogP) is 3.57. The number of hydrogen-bond acceptors (Lipinski definition) is 3. The molecular weight excluding hydrogens is 283 g/mol. The van der Waals surface area contributed by atoms with Crippen LogP contribution in [0.4, 0.5) is 4.39 Å². The molecule has 0 fully saturated rings. The zero-order valence-electron chi connectivity index (χ0n) is 11.4.